The van der Waals surface area contributed by atoms with Crippen molar-refractivity contribution >= 4 is 17.0 Å². The number of nitrogens with one attached hydrogen (secondary N) is 1. The normalized spacial score (nSPS) is 19.4. The number of rotatable bonds is 2. The fourth-order valence-corrected chi connectivity index (χ4v) is 4.31. The van der Waals surface area contributed by atoms with E-state index in [4.69, 9.17) is 0 Å². The summed E-state index contributed by atoms with van der Waals surface area (Å²) in [6.45, 7) is 0. The van der Waals surface area contributed by atoms with Crippen LogP contribution < -0.4 is 0 Å². The lowest BCUT2D eigenvalue weighted by Crippen LogP contribution is -2.09. The average Bonchev–Trinajstić information content (AvgIpc) is 3.06. The number of aromatic nitrogens is 1. The highest BCUT2D eigenvalue weighted by Crippen LogP contribution is 2.40. The predicted molar refractivity (Wildman–Crippen MR) is 106 cm³/mol. The Labute approximate surface area is 148 Å². The summed E-state index contributed by atoms with van der Waals surface area (Å²) < 4.78 is 0. The second-order valence-electron chi connectivity index (χ2n) is 6.98. The molecule has 0 saturated heterocycles. The highest BCUT2D eigenvalue weighted by Gasteiger charge is 2.24. The van der Waals surface area contributed by atoms with Crippen LogP contribution in [0.15, 0.2) is 84.0 Å². The minimum absolute atomic E-state index is 0.475. The molecule has 5 rings (SSSR count). The van der Waals surface area contributed by atoms with Gasteiger partial charge < -0.3 is 4.98 Å². The monoisotopic (exact) mass is 323 g/mol. The van der Waals surface area contributed by atoms with Gasteiger partial charge in [0.1, 0.15) is 0 Å². The second kappa shape index (κ2) is 5.93. The number of benzene rings is 2. The van der Waals surface area contributed by atoms with E-state index in [1.165, 1.54) is 38.9 Å². The molecule has 0 radical (unpaired) electrons. The molecule has 1 N–H and O–H groups in total. The molecule has 2 aromatic carbocycles. The first-order valence-electron chi connectivity index (χ1n) is 9.12. The van der Waals surface area contributed by atoms with Crippen molar-refractivity contribution in [2.45, 2.75) is 25.2 Å². The van der Waals surface area contributed by atoms with Crippen molar-refractivity contribution in [3.63, 3.8) is 0 Å². The van der Waals surface area contributed by atoms with Crippen molar-refractivity contribution in [2.24, 2.45) is 0 Å². The number of hydrogen-bond donors (Lipinski definition) is 1. The summed E-state index contributed by atoms with van der Waals surface area (Å²) in [6, 6.07) is 19.6. The molecule has 1 aromatic heterocycles. The molecule has 0 bridgehead atoms. The Bertz CT molecular complexity index is 1010. The summed E-state index contributed by atoms with van der Waals surface area (Å²) in [4.78, 5) is 3.62. The molecule has 1 heterocycles. The fourth-order valence-electron chi connectivity index (χ4n) is 4.31. The largest absolute Gasteiger partial charge is 0.355 e. The van der Waals surface area contributed by atoms with E-state index in [2.05, 4.69) is 83.9 Å². The Morgan fingerprint density at radius 3 is 2.64 bits per heavy atom. The number of aromatic amines is 1. The van der Waals surface area contributed by atoms with Gasteiger partial charge in [-0.1, -0.05) is 66.8 Å². The van der Waals surface area contributed by atoms with Gasteiger partial charge in [0.15, 0.2) is 0 Å². The fraction of sp³-hybridized carbons (Fsp3) is 0.167. The van der Waals surface area contributed by atoms with E-state index in [9.17, 15) is 0 Å². The van der Waals surface area contributed by atoms with E-state index < -0.39 is 0 Å². The Morgan fingerprint density at radius 2 is 1.72 bits per heavy atom. The maximum Gasteiger partial charge on any atom is 0.0461 e. The van der Waals surface area contributed by atoms with E-state index in [1.807, 2.05) is 0 Å². The van der Waals surface area contributed by atoms with Crippen LogP contribution in [0.3, 0.4) is 0 Å². The zero-order valence-electron chi connectivity index (χ0n) is 14.2. The van der Waals surface area contributed by atoms with Gasteiger partial charge in [-0.15, -0.1) is 0 Å². The number of H-pyrrole nitrogens is 1. The zero-order chi connectivity index (χ0) is 16.6. The minimum Gasteiger partial charge on any atom is -0.355 e. The number of hydrogen-bond acceptors (Lipinski definition) is 0. The van der Waals surface area contributed by atoms with Crippen LogP contribution in [-0.4, -0.2) is 4.98 Å². The maximum atomic E-state index is 3.62. The first kappa shape index (κ1) is 14.5. The van der Waals surface area contributed by atoms with E-state index >= 15 is 0 Å². The van der Waals surface area contributed by atoms with Crippen LogP contribution in [0.5, 0.6) is 0 Å². The molecule has 122 valence electrons. The average molecular weight is 323 g/mol. The van der Waals surface area contributed by atoms with Crippen molar-refractivity contribution in [3.8, 4) is 0 Å². The zero-order valence-corrected chi connectivity index (χ0v) is 14.2. The number of fused-ring (bicyclic) bond motifs is 3. The van der Waals surface area contributed by atoms with E-state index in [0.717, 1.165) is 19.3 Å². The van der Waals surface area contributed by atoms with Gasteiger partial charge in [0, 0.05) is 22.5 Å². The topological polar surface area (TPSA) is 15.8 Å². The van der Waals surface area contributed by atoms with Gasteiger partial charge >= 0.3 is 0 Å². The van der Waals surface area contributed by atoms with Crippen LogP contribution in [0.2, 0.25) is 0 Å². The number of para-hydroxylation sites is 1. The molecule has 0 spiro atoms. The second-order valence-corrected chi connectivity index (χ2v) is 6.98. The first-order valence-corrected chi connectivity index (χ1v) is 9.12. The van der Waals surface area contributed by atoms with Gasteiger partial charge in [-0.05, 0) is 53.7 Å². The van der Waals surface area contributed by atoms with Crippen molar-refractivity contribution in [1.29, 1.82) is 0 Å². The molecular formula is C24H21N. The third-order valence-corrected chi connectivity index (χ3v) is 5.54. The SMILES string of the molecule is C1=CCC(c2ccccc2)C(C2=Cc3[nH]c4ccccc4c3CC2)=C1. The first-order chi connectivity index (χ1) is 12.4. The van der Waals surface area contributed by atoms with E-state index in [0.29, 0.717) is 5.92 Å². The van der Waals surface area contributed by atoms with Crippen molar-refractivity contribution in [3.05, 3.63) is 101 Å². The van der Waals surface area contributed by atoms with Crippen molar-refractivity contribution in [2.75, 3.05) is 0 Å². The van der Waals surface area contributed by atoms with Gasteiger partial charge in [-0.2, -0.15) is 0 Å². The Kier molecular flexibility index (Phi) is 3.45. The highest BCUT2D eigenvalue weighted by atomic mass is 14.7. The molecule has 25 heavy (non-hydrogen) atoms. The minimum atomic E-state index is 0.475. The Hall–Kier alpha value is -2.80. The van der Waals surface area contributed by atoms with Crippen LogP contribution in [0.4, 0.5) is 0 Å². The molecule has 3 aromatic rings. The lowest BCUT2D eigenvalue weighted by molar-refractivity contribution is 0.782. The summed E-state index contributed by atoms with van der Waals surface area (Å²) in [5.74, 6) is 0.475. The molecule has 0 fully saturated rings. The molecule has 1 atom stereocenters. The van der Waals surface area contributed by atoms with Gasteiger partial charge in [-0.25, -0.2) is 0 Å². The predicted octanol–water partition coefficient (Wildman–Crippen LogP) is 6.17. The van der Waals surface area contributed by atoms with Gasteiger partial charge in [-0.3, -0.25) is 0 Å². The summed E-state index contributed by atoms with van der Waals surface area (Å²) >= 11 is 0. The van der Waals surface area contributed by atoms with Crippen molar-refractivity contribution in [1.82, 2.24) is 4.98 Å². The third-order valence-electron chi connectivity index (χ3n) is 5.54. The van der Waals surface area contributed by atoms with Crippen LogP contribution in [0, 0.1) is 0 Å². The van der Waals surface area contributed by atoms with Gasteiger partial charge in [0.2, 0.25) is 0 Å². The molecule has 2 aliphatic carbocycles. The summed E-state index contributed by atoms with van der Waals surface area (Å²) in [5, 5.41) is 1.38. The molecule has 2 aliphatic rings. The maximum absolute atomic E-state index is 3.62. The van der Waals surface area contributed by atoms with Gasteiger partial charge in [0.05, 0.1) is 0 Å². The summed E-state index contributed by atoms with van der Waals surface area (Å²) in [5.41, 5.74) is 8.41. The number of aryl methyl sites for hydroxylation is 1. The molecule has 1 unspecified atom stereocenters. The Morgan fingerprint density at radius 1 is 0.880 bits per heavy atom. The highest BCUT2D eigenvalue weighted by molar-refractivity contribution is 5.88. The molecule has 1 nitrogen and oxygen atoms in total. The van der Waals surface area contributed by atoms with E-state index in [1.54, 1.807) is 0 Å². The quantitative estimate of drug-likeness (QED) is 0.580. The summed E-state index contributed by atoms with van der Waals surface area (Å²) in [6.07, 6.45) is 12.5. The third kappa shape index (κ3) is 2.47. The standard InChI is InChI=1S/C24H21N/c1-2-8-17(9-3-1)19-10-4-5-11-20(19)18-14-15-22-21-12-6-7-13-23(21)25-24(22)16-18/h1-9,11-13,16,19,25H,10,14-15H2. The molecule has 0 saturated carbocycles. The Balaban J connectivity index is 1.58. The number of allylic oxidation sites excluding steroid dienone is 5. The summed E-state index contributed by atoms with van der Waals surface area (Å²) in [7, 11) is 0. The van der Waals surface area contributed by atoms with Crippen LogP contribution >= 0.6 is 0 Å². The van der Waals surface area contributed by atoms with Crippen LogP contribution in [0.1, 0.15) is 35.6 Å². The van der Waals surface area contributed by atoms with Crippen LogP contribution in [-0.2, 0) is 6.42 Å². The lowest BCUT2D eigenvalue weighted by Gasteiger charge is -2.26. The lowest BCUT2D eigenvalue weighted by atomic mass is 9.78. The van der Waals surface area contributed by atoms with Crippen LogP contribution in [0.25, 0.3) is 17.0 Å². The molecule has 0 aliphatic heterocycles. The van der Waals surface area contributed by atoms with Gasteiger partial charge in [0.25, 0.3) is 0 Å². The molecule has 1 heteroatoms. The van der Waals surface area contributed by atoms with Crippen molar-refractivity contribution < 1.29 is 0 Å². The van der Waals surface area contributed by atoms with E-state index in [-0.39, 0.29) is 0 Å². The smallest absolute Gasteiger partial charge is 0.0461 e. The molecular weight excluding hydrogens is 302 g/mol. The molecule has 0 amide bonds.